The summed E-state index contributed by atoms with van der Waals surface area (Å²) in [4.78, 5) is 12.8. The Kier molecular flexibility index (Phi) is 3.52. The van der Waals surface area contributed by atoms with Gasteiger partial charge < -0.3 is 14.2 Å². The molecule has 0 unspecified atom stereocenters. The van der Waals surface area contributed by atoms with Gasteiger partial charge >= 0.3 is 0 Å². The highest BCUT2D eigenvalue weighted by Crippen LogP contribution is 2.35. The van der Waals surface area contributed by atoms with Crippen LogP contribution in [0, 0.1) is 6.92 Å². The standard InChI is InChI=1S/C17H16O4/c1-11-10-12(19-2)6-7-13(11)16(18)14-4-3-5-15-17(14)21-9-8-20-15/h3-7,10H,8-9H2,1-2H3. The van der Waals surface area contributed by atoms with Gasteiger partial charge in [-0.25, -0.2) is 0 Å². The number of methoxy groups -OCH3 is 1. The van der Waals surface area contributed by atoms with Crippen molar-refractivity contribution in [3.63, 3.8) is 0 Å². The molecule has 4 heteroatoms. The highest BCUT2D eigenvalue weighted by atomic mass is 16.6. The third-order valence-electron chi connectivity index (χ3n) is 3.49. The molecular weight excluding hydrogens is 268 g/mol. The predicted octanol–water partition coefficient (Wildman–Crippen LogP) is 3.01. The Balaban J connectivity index is 2.03. The van der Waals surface area contributed by atoms with E-state index in [2.05, 4.69) is 0 Å². The molecule has 1 aliphatic rings. The van der Waals surface area contributed by atoms with Crippen LogP contribution in [0.2, 0.25) is 0 Å². The van der Waals surface area contributed by atoms with E-state index in [4.69, 9.17) is 14.2 Å². The van der Waals surface area contributed by atoms with Gasteiger partial charge in [-0.1, -0.05) is 6.07 Å². The number of rotatable bonds is 3. The van der Waals surface area contributed by atoms with Crippen LogP contribution in [0.4, 0.5) is 0 Å². The molecule has 1 heterocycles. The minimum absolute atomic E-state index is 0.0718. The summed E-state index contributed by atoms with van der Waals surface area (Å²) in [5.74, 6) is 1.82. The van der Waals surface area contributed by atoms with E-state index in [0.717, 1.165) is 11.3 Å². The lowest BCUT2D eigenvalue weighted by Crippen LogP contribution is -2.18. The zero-order chi connectivity index (χ0) is 14.8. The normalized spacial score (nSPS) is 12.9. The lowest BCUT2D eigenvalue weighted by atomic mass is 9.98. The largest absolute Gasteiger partial charge is 0.497 e. The molecule has 0 aromatic heterocycles. The van der Waals surface area contributed by atoms with Crippen LogP contribution in [0.15, 0.2) is 36.4 Å². The summed E-state index contributed by atoms with van der Waals surface area (Å²) in [5.41, 5.74) is 2.03. The van der Waals surface area contributed by atoms with Crippen LogP contribution >= 0.6 is 0 Å². The number of fused-ring (bicyclic) bond motifs is 1. The van der Waals surface area contributed by atoms with Gasteiger partial charge in [0.2, 0.25) is 0 Å². The van der Waals surface area contributed by atoms with Gasteiger partial charge in [0.15, 0.2) is 17.3 Å². The molecule has 0 saturated carbocycles. The first-order valence-electron chi connectivity index (χ1n) is 6.78. The Morgan fingerprint density at radius 3 is 2.67 bits per heavy atom. The van der Waals surface area contributed by atoms with Gasteiger partial charge in [-0.15, -0.1) is 0 Å². The lowest BCUT2D eigenvalue weighted by Gasteiger charge is -2.20. The summed E-state index contributed by atoms with van der Waals surface area (Å²) >= 11 is 0. The Morgan fingerprint density at radius 2 is 1.90 bits per heavy atom. The minimum atomic E-state index is -0.0718. The highest BCUT2D eigenvalue weighted by Gasteiger charge is 2.22. The molecule has 2 aromatic rings. The molecule has 3 rings (SSSR count). The fraction of sp³-hybridized carbons (Fsp3) is 0.235. The van der Waals surface area contributed by atoms with Crippen molar-refractivity contribution in [2.24, 2.45) is 0 Å². The third-order valence-corrected chi connectivity index (χ3v) is 3.49. The summed E-state index contributed by atoms with van der Waals surface area (Å²) in [5, 5.41) is 0. The summed E-state index contributed by atoms with van der Waals surface area (Å²) < 4.78 is 16.3. The van der Waals surface area contributed by atoms with Crippen molar-refractivity contribution < 1.29 is 19.0 Å². The SMILES string of the molecule is COc1ccc(C(=O)c2cccc3c2OCCO3)c(C)c1. The molecule has 0 fully saturated rings. The maximum atomic E-state index is 12.8. The molecule has 21 heavy (non-hydrogen) atoms. The van der Waals surface area contributed by atoms with E-state index in [1.165, 1.54) is 0 Å². The van der Waals surface area contributed by atoms with Crippen LogP contribution in [-0.2, 0) is 0 Å². The van der Waals surface area contributed by atoms with E-state index in [1.54, 1.807) is 31.4 Å². The zero-order valence-corrected chi connectivity index (χ0v) is 12.0. The molecule has 0 spiro atoms. The highest BCUT2D eigenvalue weighted by molar-refractivity contribution is 6.12. The van der Waals surface area contributed by atoms with Crippen LogP contribution in [0.3, 0.4) is 0 Å². The number of hydrogen-bond donors (Lipinski definition) is 0. The Morgan fingerprint density at radius 1 is 1.10 bits per heavy atom. The summed E-state index contributed by atoms with van der Waals surface area (Å²) in [6, 6.07) is 10.8. The van der Waals surface area contributed by atoms with Gasteiger partial charge in [0.05, 0.1) is 12.7 Å². The number of carbonyl (C=O) groups is 1. The van der Waals surface area contributed by atoms with Crippen LogP contribution in [0.1, 0.15) is 21.5 Å². The van der Waals surface area contributed by atoms with Crippen LogP contribution in [0.25, 0.3) is 0 Å². The quantitative estimate of drug-likeness (QED) is 0.813. The number of para-hydroxylation sites is 1. The van der Waals surface area contributed by atoms with E-state index in [9.17, 15) is 4.79 Å². The van der Waals surface area contributed by atoms with E-state index in [0.29, 0.717) is 35.8 Å². The number of benzene rings is 2. The summed E-state index contributed by atoms with van der Waals surface area (Å²) in [6.45, 7) is 2.85. The number of carbonyl (C=O) groups excluding carboxylic acids is 1. The predicted molar refractivity (Wildman–Crippen MR) is 78.6 cm³/mol. The van der Waals surface area contributed by atoms with Crippen molar-refractivity contribution in [1.82, 2.24) is 0 Å². The van der Waals surface area contributed by atoms with Crippen molar-refractivity contribution in [1.29, 1.82) is 0 Å². The van der Waals surface area contributed by atoms with Crippen molar-refractivity contribution in [3.8, 4) is 17.2 Å². The maximum absolute atomic E-state index is 12.8. The minimum Gasteiger partial charge on any atom is -0.497 e. The molecular formula is C17H16O4. The molecule has 1 aliphatic heterocycles. The topological polar surface area (TPSA) is 44.8 Å². The molecule has 0 radical (unpaired) electrons. The molecule has 0 atom stereocenters. The van der Waals surface area contributed by atoms with Crippen molar-refractivity contribution >= 4 is 5.78 Å². The number of aryl methyl sites for hydroxylation is 1. The summed E-state index contributed by atoms with van der Waals surface area (Å²) in [7, 11) is 1.61. The lowest BCUT2D eigenvalue weighted by molar-refractivity contribution is 0.102. The number of hydrogen-bond acceptors (Lipinski definition) is 4. The van der Waals surface area contributed by atoms with Gasteiger partial charge in [-0.05, 0) is 42.8 Å². The monoisotopic (exact) mass is 284 g/mol. The molecule has 0 amide bonds. The van der Waals surface area contributed by atoms with E-state index in [-0.39, 0.29) is 5.78 Å². The van der Waals surface area contributed by atoms with Crippen molar-refractivity contribution in [2.45, 2.75) is 6.92 Å². The first-order valence-corrected chi connectivity index (χ1v) is 6.78. The van der Waals surface area contributed by atoms with E-state index < -0.39 is 0 Å². The molecule has 2 aromatic carbocycles. The fourth-order valence-electron chi connectivity index (χ4n) is 2.42. The Bertz CT molecular complexity index is 691. The van der Waals surface area contributed by atoms with E-state index >= 15 is 0 Å². The van der Waals surface area contributed by atoms with Gasteiger partial charge in [0, 0.05) is 5.56 Å². The first-order chi connectivity index (χ1) is 10.2. The molecule has 0 aliphatic carbocycles. The fourth-order valence-corrected chi connectivity index (χ4v) is 2.42. The zero-order valence-electron chi connectivity index (χ0n) is 12.0. The Hall–Kier alpha value is -2.49. The number of ketones is 1. The average molecular weight is 284 g/mol. The second kappa shape index (κ2) is 5.48. The van der Waals surface area contributed by atoms with Crippen LogP contribution < -0.4 is 14.2 Å². The summed E-state index contributed by atoms with van der Waals surface area (Å²) in [6.07, 6.45) is 0. The number of ether oxygens (including phenoxy) is 3. The smallest absolute Gasteiger partial charge is 0.197 e. The van der Waals surface area contributed by atoms with Crippen LogP contribution in [-0.4, -0.2) is 26.1 Å². The molecule has 0 saturated heterocycles. The Labute approximate surface area is 123 Å². The maximum Gasteiger partial charge on any atom is 0.197 e. The molecule has 0 bridgehead atoms. The van der Waals surface area contributed by atoms with Crippen molar-refractivity contribution in [3.05, 3.63) is 53.1 Å². The second-order valence-electron chi connectivity index (χ2n) is 4.84. The third kappa shape index (κ3) is 2.44. The van der Waals surface area contributed by atoms with Crippen molar-refractivity contribution in [2.75, 3.05) is 20.3 Å². The first kappa shape index (κ1) is 13.5. The molecule has 0 N–H and O–H groups in total. The van der Waals surface area contributed by atoms with Gasteiger partial charge in [-0.3, -0.25) is 4.79 Å². The molecule has 108 valence electrons. The second-order valence-corrected chi connectivity index (χ2v) is 4.84. The van der Waals surface area contributed by atoms with Crippen LogP contribution in [0.5, 0.6) is 17.2 Å². The van der Waals surface area contributed by atoms with Gasteiger partial charge in [0.1, 0.15) is 19.0 Å². The van der Waals surface area contributed by atoms with Gasteiger partial charge in [-0.2, -0.15) is 0 Å². The van der Waals surface area contributed by atoms with Gasteiger partial charge in [0.25, 0.3) is 0 Å². The van der Waals surface area contributed by atoms with E-state index in [1.807, 2.05) is 19.1 Å². The average Bonchev–Trinajstić information content (AvgIpc) is 2.53. The molecule has 4 nitrogen and oxygen atoms in total.